The minimum atomic E-state index is -0.462. The molecule has 0 amide bonds. The molecule has 2 N–H and O–H groups in total. The molecule has 0 atom stereocenters. The van der Waals surface area contributed by atoms with E-state index in [1.54, 1.807) is 6.07 Å². The molecule has 1 aromatic carbocycles. The second kappa shape index (κ2) is 4.88. The number of rotatable bonds is 3. The van der Waals surface area contributed by atoms with E-state index >= 15 is 0 Å². The number of hydrogen-bond donors (Lipinski definition) is 1. The molecule has 0 bridgehead atoms. The van der Waals surface area contributed by atoms with Crippen LogP contribution in [0.4, 0.5) is 8.78 Å². The maximum absolute atomic E-state index is 13.4. The molecule has 0 aliphatic carbocycles. The van der Waals surface area contributed by atoms with Gasteiger partial charge in [0.15, 0.2) is 0 Å². The lowest BCUT2D eigenvalue weighted by molar-refractivity contribution is 0.447. The van der Waals surface area contributed by atoms with Crippen molar-refractivity contribution in [2.75, 3.05) is 0 Å². The van der Waals surface area contributed by atoms with E-state index in [9.17, 15) is 8.78 Å². The van der Waals surface area contributed by atoms with Crippen LogP contribution in [0.3, 0.4) is 0 Å². The van der Waals surface area contributed by atoms with Crippen LogP contribution in [0.1, 0.15) is 5.56 Å². The Bertz CT molecular complexity index is 514. The van der Waals surface area contributed by atoms with Crippen molar-refractivity contribution < 1.29 is 13.5 Å². The number of nitrogens with zero attached hydrogens (tertiary/aromatic N) is 1. The van der Waals surface area contributed by atoms with Crippen LogP contribution >= 0.6 is 0 Å². The van der Waals surface area contributed by atoms with Gasteiger partial charge in [0.1, 0.15) is 17.4 Å². The van der Waals surface area contributed by atoms with Crippen LogP contribution in [0.25, 0.3) is 0 Å². The van der Waals surface area contributed by atoms with E-state index in [4.69, 9.17) is 10.5 Å². The number of nitrogens with two attached hydrogens (primary N) is 1. The molecule has 0 fully saturated rings. The number of aromatic nitrogens is 1. The molecule has 0 spiro atoms. The smallest absolute Gasteiger partial charge is 0.219 e. The second-order valence-electron chi connectivity index (χ2n) is 3.34. The van der Waals surface area contributed by atoms with E-state index in [2.05, 4.69) is 4.98 Å². The van der Waals surface area contributed by atoms with Gasteiger partial charge >= 0.3 is 0 Å². The molecule has 3 nitrogen and oxygen atoms in total. The van der Waals surface area contributed by atoms with Gasteiger partial charge in [0, 0.05) is 18.2 Å². The minimum absolute atomic E-state index is 0.0171. The third-order valence-corrected chi connectivity index (χ3v) is 2.19. The number of ether oxygens (including phenoxy) is 1. The van der Waals surface area contributed by atoms with Gasteiger partial charge in [0.2, 0.25) is 5.88 Å². The van der Waals surface area contributed by atoms with E-state index in [1.807, 2.05) is 0 Å². The highest BCUT2D eigenvalue weighted by molar-refractivity contribution is 5.37. The van der Waals surface area contributed by atoms with E-state index in [0.29, 0.717) is 0 Å². The van der Waals surface area contributed by atoms with Crippen LogP contribution in [0.2, 0.25) is 0 Å². The lowest BCUT2D eigenvalue weighted by Gasteiger charge is -2.09. The zero-order valence-corrected chi connectivity index (χ0v) is 8.86. The van der Waals surface area contributed by atoms with Crippen LogP contribution in [0.15, 0.2) is 36.5 Å². The maximum atomic E-state index is 13.4. The summed E-state index contributed by atoms with van der Waals surface area (Å²) in [5, 5.41) is 0. The molecule has 0 saturated carbocycles. The Kier molecular flexibility index (Phi) is 3.30. The summed E-state index contributed by atoms with van der Waals surface area (Å²) in [6.45, 7) is 0.0171. The first kappa shape index (κ1) is 11.5. The van der Waals surface area contributed by atoms with Gasteiger partial charge in [-0.1, -0.05) is 6.07 Å². The first-order chi connectivity index (χ1) is 8.20. The molecular weight excluding hydrogens is 226 g/mol. The van der Waals surface area contributed by atoms with Gasteiger partial charge in [-0.05, 0) is 18.2 Å². The highest BCUT2D eigenvalue weighted by Gasteiger charge is 2.09. The van der Waals surface area contributed by atoms with E-state index in [-0.39, 0.29) is 23.7 Å². The molecule has 0 unspecified atom stereocenters. The van der Waals surface area contributed by atoms with Crippen molar-refractivity contribution >= 4 is 0 Å². The predicted molar refractivity (Wildman–Crippen MR) is 58.6 cm³/mol. The first-order valence-electron chi connectivity index (χ1n) is 4.97. The molecule has 17 heavy (non-hydrogen) atoms. The fourth-order valence-electron chi connectivity index (χ4n) is 1.37. The molecule has 88 valence electrons. The largest absolute Gasteiger partial charge is 0.439 e. The summed E-state index contributed by atoms with van der Waals surface area (Å²) >= 11 is 0. The van der Waals surface area contributed by atoms with Crippen molar-refractivity contribution in [3.05, 3.63) is 53.7 Å². The van der Waals surface area contributed by atoms with Crippen molar-refractivity contribution in [3.8, 4) is 11.6 Å². The van der Waals surface area contributed by atoms with Crippen molar-refractivity contribution in [1.29, 1.82) is 0 Å². The van der Waals surface area contributed by atoms with Crippen molar-refractivity contribution in [1.82, 2.24) is 4.98 Å². The Morgan fingerprint density at radius 2 is 2.00 bits per heavy atom. The Hall–Kier alpha value is -2.01. The SMILES string of the molecule is NCc1c(F)cccc1Oc1ccc(F)cn1. The fraction of sp³-hybridized carbons (Fsp3) is 0.0833. The van der Waals surface area contributed by atoms with Crippen molar-refractivity contribution in [2.24, 2.45) is 5.73 Å². The molecule has 2 aromatic rings. The average Bonchev–Trinajstić information content (AvgIpc) is 2.32. The van der Waals surface area contributed by atoms with Gasteiger partial charge in [-0.15, -0.1) is 0 Å². The van der Waals surface area contributed by atoms with Crippen LogP contribution in [0, 0.1) is 11.6 Å². The Morgan fingerprint density at radius 3 is 2.65 bits per heavy atom. The number of pyridine rings is 1. The van der Waals surface area contributed by atoms with E-state index < -0.39 is 11.6 Å². The maximum Gasteiger partial charge on any atom is 0.219 e. The van der Waals surface area contributed by atoms with Crippen LogP contribution in [0.5, 0.6) is 11.6 Å². The molecule has 1 aromatic heterocycles. The molecule has 0 saturated heterocycles. The quantitative estimate of drug-likeness (QED) is 0.891. The summed E-state index contributed by atoms with van der Waals surface area (Å²) < 4.78 is 31.4. The Morgan fingerprint density at radius 1 is 1.18 bits per heavy atom. The summed E-state index contributed by atoms with van der Waals surface area (Å²) in [7, 11) is 0. The third kappa shape index (κ3) is 2.57. The van der Waals surface area contributed by atoms with Gasteiger partial charge in [-0.25, -0.2) is 13.8 Å². The highest BCUT2D eigenvalue weighted by atomic mass is 19.1. The molecule has 5 heteroatoms. The summed E-state index contributed by atoms with van der Waals surface area (Å²) in [6.07, 6.45) is 1.02. The highest BCUT2D eigenvalue weighted by Crippen LogP contribution is 2.25. The van der Waals surface area contributed by atoms with Crippen molar-refractivity contribution in [2.45, 2.75) is 6.54 Å². The summed E-state index contributed by atoms with van der Waals surface area (Å²) in [6, 6.07) is 6.96. The molecule has 0 aliphatic rings. The lowest BCUT2D eigenvalue weighted by Crippen LogP contribution is -2.02. The normalized spacial score (nSPS) is 10.3. The standard InChI is InChI=1S/C12H10F2N2O/c13-8-4-5-12(16-7-8)17-11-3-1-2-10(14)9(11)6-15/h1-5,7H,6,15H2. The zero-order valence-electron chi connectivity index (χ0n) is 8.86. The van der Waals surface area contributed by atoms with Crippen LogP contribution in [-0.4, -0.2) is 4.98 Å². The molecule has 1 heterocycles. The van der Waals surface area contributed by atoms with Gasteiger partial charge < -0.3 is 10.5 Å². The topological polar surface area (TPSA) is 48.1 Å². The van der Waals surface area contributed by atoms with Crippen molar-refractivity contribution in [3.63, 3.8) is 0 Å². The average molecular weight is 236 g/mol. The van der Waals surface area contributed by atoms with Crippen LogP contribution in [-0.2, 0) is 6.54 Å². The molecule has 2 rings (SSSR count). The van der Waals surface area contributed by atoms with Crippen LogP contribution < -0.4 is 10.5 Å². The monoisotopic (exact) mass is 236 g/mol. The fourth-order valence-corrected chi connectivity index (χ4v) is 1.37. The van der Waals surface area contributed by atoms with Gasteiger partial charge in [0.05, 0.1) is 6.20 Å². The number of halogens is 2. The Labute approximate surface area is 96.9 Å². The van der Waals surface area contributed by atoms with Gasteiger partial charge in [-0.3, -0.25) is 0 Å². The molecule has 0 radical (unpaired) electrons. The van der Waals surface area contributed by atoms with E-state index in [1.165, 1.54) is 24.3 Å². The minimum Gasteiger partial charge on any atom is -0.439 e. The summed E-state index contributed by atoms with van der Waals surface area (Å²) in [5.74, 6) is -0.430. The summed E-state index contributed by atoms with van der Waals surface area (Å²) in [5.41, 5.74) is 5.69. The molecule has 0 aliphatic heterocycles. The third-order valence-electron chi connectivity index (χ3n) is 2.19. The first-order valence-corrected chi connectivity index (χ1v) is 4.97. The van der Waals surface area contributed by atoms with Gasteiger partial charge in [0.25, 0.3) is 0 Å². The van der Waals surface area contributed by atoms with Gasteiger partial charge in [-0.2, -0.15) is 0 Å². The molecular formula is C12H10F2N2O. The number of benzene rings is 1. The lowest BCUT2D eigenvalue weighted by atomic mass is 10.2. The van der Waals surface area contributed by atoms with E-state index in [0.717, 1.165) is 6.20 Å². The zero-order chi connectivity index (χ0) is 12.3. The predicted octanol–water partition coefficient (Wildman–Crippen LogP) is 2.61. The Balaban J connectivity index is 2.29. The number of hydrogen-bond acceptors (Lipinski definition) is 3. The second-order valence-corrected chi connectivity index (χ2v) is 3.34. The summed E-state index contributed by atoms with van der Waals surface area (Å²) in [4.78, 5) is 3.72.